The number of aryl methyl sites for hydroxylation is 1. The van der Waals surface area contributed by atoms with Crippen LogP contribution in [0.1, 0.15) is 53.7 Å². The molecule has 0 saturated heterocycles. The lowest BCUT2D eigenvalue weighted by atomic mass is 9.69. The number of benzene rings is 2. The van der Waals surface area contributed by atoms with Gasteiger partial charge in [0.1, 0.15) is 5.69 Å². The van der Waals surface area contributed by atoms with Gasteiger partial charge in [-0.15, -0.1) is 0 Å². The Labute approximate surface area is 176 Å². The van der Waals surface area contributed by atoms with Crippen LogP contribution in [0.2, 0.25) is 0 Å². The molecule has 5 nitrogen and oxygen atoms in total. The molecule has 0 spiro atoms. The molecule has 0 aliphatic heterocycles. The highest BCUT2D eigenvalue weighted by Crippen LogP contribution is 2.39. The van der Waals surface area contributed by atoms with Crippen molar-refractivity contribution in [2.24, 2.45) is 0 Å². The number of aromatic nitrogens is 2. The minimum atomic E-state index is -0.263. The SMILES string of the molecule is Cc1cccc(C2(CNC(=O)c3ccc(=O)n(-c4ccccc4)n3)CCCCC2)c1. The average molecular weight is 402 g/mol. The number of carbonyl (C=O) groups excluding carboxylic acids is 1. The van der Waals surface area contributed by atoms with Crippen LogP contribution in [0.4, 0.5) is 0 Å². The number of hydrogen-bond acceptors (Lipinski definition) is 3. The first-order chi connectivity index (χ1) is 14.6. The molecule has 1 aliphatic carbocycles. The standard InChI is InChI=1S/C25H27N3O2/c1-19-9-8-10-20(17-19)25(15-6-3-7-16-25)18-26-24(30)22-13-14-23(29)28(27-22)21-11-4-2-5-12-21/h2,4-5,8-14,17H,3,6-7,15-16,18H2,1H3,(H,26,30). The molecule has 1 aliphatic rings. The molecule has 0 bridgehead atoms. The van der Waals surface area contributed by atoms with Crippen molar-refractivity contribution in [2.75, 3.05) is 6.54 Å². The molecule has 1 saturated carbocycles. The van der Waals surface area contributed by atoms with Crippen LogP contribution < -0.4 is 10.9 Å². The van der Waals surface area contributed by atoms with Crippen LogP contribution in [0, 0.1) is 6.92 Å². The third kappa shape index (κ3) is 4.20. The minimum absolute atomic E-state index is 0.0478. The molecule has 4 rings (SSSR count). The van der Waals surface area contributed by atoms with Crippen LogP contribution in [-0.4, -0.2) is 22.2 Å². The Morgan fingerprint density at radius 3 is 2.50 bits per heavy atom. The van der Waals surface area contributed by atoms with E-state index in [1.165, 1.54) is 47.2 Å². The average Bonchev–Trinajstić information content (AvgIpc) is 2.79. The van der Waals surface area contributed by atoms with E-state index >= 15 is 0 Å². The number of nitrogens with zero attached hydrogens (tertiary/aromatic N) is 2. The summed E-state index contributed by atoms with van der Waals surface area (Å²) in [6.45, 7) is 2.68. The van der Waals surface area contributed by atoms with Gasteiger partial charge in [-0.25, -0.2) is 0 Å². The largest absolute Gasteiger partial charge is 0.350 e. The van der Waals surface area contributed by atoms with E-state index in [4.69, 9.17) is 0 Å². The fourth-order valence-electron chi connectivity index (χ4n) is 4.40. The highest BCUT2D eigenvalue weighted by Gasteiger charge is 2.34. The van der Waals surface area contributed by atoms with Crippen LogP contribution >= 0.6 is 0 Å². The molecule has 0 atom stereocenters. The van der Waals surface area contributed by atoms with Crippen LogP contribution in [0.5, 0.6) is 0 Å². The van der Waals surface area contributed by atoms with Crippen LogP contribution in [-0.2, 0) is 5.41 Å². The molecule has 1 amide bonds. The topological polar surface area (TPSA) is 64.0 Å². The van der Waals surface area contributed by atoms with E-state index in [2.05, 4.69) is 41.6 Å². The summed E-state index contributed by atoms with van der Waals surface area (Å²) in [6.07, 6.45) is 5.70. The van der Waals surface area contributed by atoms with Gasteiger partial charge in [0.15, 0.2) is 0 Å². The van der Waals surface area contributed by atoms with Gasteiger partial charge in [0.2, 0.25) is 0 Å². The number of amides is 1. The highest BCUT2D eigenvalue weighted by atomic mass is 16.2. The Morgan fingerprint density at radius 2 is 1.77 bits per heavy atom. The Balaban J connectivity index is 1.57. The number of rotatable bonds is 5. The monoisotopic (exact) mass is 401 g/mol. The van der Waals surface area contributed by atoms with Gasteiger partial charge in [0.25, 0.3) is 11.5 Å². The molecule has 3 aromatic rings. The highest BCUT2D eigenvalue weighted by molar-refractivity contribution is 5.92. The molecule has 1 N–H and O–H groups in total. The molecule has 1 fully saturated rings. The van der Waals surface area contributed by atoms with Crippen LogP contribution in [0.25, 0.3) is 5.69 Å². The second-order valence-electron chi connectivity index (χ2n) is 8.20. The zero-order valence-corrected chi connectivity index (χ0v) is 17.3. The van der Waals surface area contributed by atoms with E-state index in [-0.39, 0.29) is 22.6 Å². The Hall–Kier alpha value is -3.21. The van der Waals surface area contributed by atoms with Gasteiger partial charge in [-0.2, -0.15) is 9.78 Å². The zero-order valence-electron chi connectivity index (χ0n) is 17.3. The van der Waals surface area contributed by atoms with Crippen molar-refractivity contribution >= 4 is 5.91 Å². The Morgan fingerprint density at radius 1 is 1.00 bits per heavy atom. The fraction of sp³-hybridized carbons (Fsp3) is 0.320. The minimum Gasteiger partial charge on any atom is -0.350 e. The third-order valence-corrected chi connectivity index (χ3v) is 6.06. The normalized spacial score (nSPS) is 15.5. The zero-order chi connectivity index (χ0) is 21.0. The lowest BCUT2D eigenvalue weighted by Gasteiger charge is -2.38. The maximum Gasteiger partial charge on any atom is 0.271 e. The van der Waals surface area contributed by atoms with E-state index in [9.17, 15) is 9.59 Å². The van der Waals surface area contributed by atoms with E-state index in [1.54, 1.807) is 12.1 Å². The summed E-state index contributed by atoms with van der Waals surface area (Å²) in [5.41, 5.74) is 3.11. The Bertz CT molecular complexity index is 1080. The molecule has 154 valence electrons. The molecular weight excluding hydrogens is 374 g/mol. The second-order valence-corrected chi connectivity index (χ2v) is 8.20. The molecule has 0 radical (unpaired) electrons. The second kappa shape index (κ2) is 8.66. The lowest BCUT2D eigenvalue weighted by molar-refractivity contribution is 0.0930. The molecule has 30 heavy (non-hydrogen) atoms. The van der Waals surface area contributed by atoms with Crippen LogP contribution in [0.3, 0.4) is 0 Å². The van der Waals surface area contributed by atoms with Crippen molar-refractivity contribution in [1.29, 1.82) is 0 Å². The fourth-order valence-corrected chi connectivity index (χ4v) is 4.40. The molecule has 5 heteroatoms. The van der Waals surface area contributed by atoms with Gasteiger partial charge in [-0.1, -0.05) is 67.3 Å². The third-order valence-electron chi connectivity index (χ3n) is 6.06. The first kappa shape index (κ1) is 20.1. The number of carbonyl (C=O) groups is 1. The van der Waals surface area contributed by atoms with Gasteiger partial charge in [0.05, 0.1) is 5.69 Å². The van der Waals surface area contributed by atoms with Gasteiger partial charge in [-0.05, 0) is 43.5 Å². The lowest BCUT2D eigenvalue weighted by Crippen LogP contribution is -2.42. The predicted octanol–water partition coefficient (Wildman–Crippen LogP) is 4.17. The summed E-state index contributed by atoms with van der Waals surface area (Å²) >= 11 is 0. The molecular formula is C25H27N3O2. The summed E-state index contributed by atoms with van der Waals surface area (Å²) in [7, 11) is 0. The van der Waals surface area contributed by atoms with Crippen molar-refractivity contribution in [2.45, 2.75) is 44.4 Å². The molecule has 1 heterocycles. The number of nitrogens with one attached hydrogen (secondary N) is 1. The maximum absolute atomic E-state index is 12.9. The van der Waals surface area contributed by atoms with Gasteiger partial charge < -0.3 is 5.32 Å². The van der Waals surface area contributed by atoms with Gasteiger partial charge >= 0.3 is 0 Å². The molecule has 2 aromatic carbocycles. The molecule has 1 aromatic heterocycles. The van der Waals surface area contributed by atoms with Crippen molar-refractivity contribution < 1.29 is 4.79 Å². The predicted molar refractivity (Wildman–Crippen MR) is 118 cm³/mol. The van der Waals surface area contributed by atoms with Gasteiger partial charge in [-0.3, -0.25) is 9.59 Å². The van der Waals surface area contributed by atoms with E-state index < -0.39 is 0 Å². The van der Waals surface area contributed by atoms with Gasteiger partial charge in [0, 0.05) is 18.0 Å². The molecule has 0 unspecified atom stereocenters. The maximum atomic E-state index is 12.9. The first-order valence-electron chi connectivity index (χ1n) is 10.6. The summed E-state index contributed by atoms with van der Waals surface area (Å²) < 4.78 is 1.27. The van der Waals surface area contributed by atoms with E-state index in [1.807, 2.05) is 18.2 Å². The summed E-state index contributed by atoms with van der Waals surface area (Å²) in [5.74, 6) is -0.253. The van der Waals surface area contributed by atoms with Crippen LogP contribution in [0.15, 0.2) is 71.5 Å². The summed E-state index contributed by atoms with van der Waals surface area (Å²) in [4.78, 5) is 25.2. The Kier molecular flexibility index (Phi) is 5.79. The van der Waals surface area contributed by atoms with Crippen molar-refractivity contribution in [3.63, 3.8) is 0 Å². The summed E-state index contributed by atoms with van der Waals surface area (Å²) in [5, 5.41) is 7.42. The summed E-state index contributed by atoms with van der Waals surface area (Å²) in [6, 6.07) is 20.7. The van der Waals surface area contributed by atoms with Crippen molar-refractivity contribution in [1.82, 2.24) is 15.1 Å². The first-order valence-corrected chi connectivity index (χ1v) is 10.6. The number of hydrogen-bond donors (Lipinski definition) is 1. The van der Waals surface area contributed by atoms with Crippen molar-refractivity contribution in [3.05, 3.63) is 93.9 Å². The van der Waals surface area contributed by atoms with Crippen molar-refractivity contribution in [3.8, 4) is 5.69 Å². The quantitative estimate of drug-likeness (QED) is 0.698. The number of para-hydroxylation sites is 1. The van der Waals surface area contributed by atoms with E-state index in [0.29, 0.717) is 12.2 Å². The smallest absolute Gasteiger partial charge is 0.271 e. The van der Waals surface area contributed by atoms with E-state index in [0.717, 1.165) is 12.8 Å².